The van der Waals surface area contributed by atoms with E-state index in [1.807, 2.05) is 11.8 Å². The second kappa shape index (κ2) is 6.33. The Hall–Kier alpha value is -0.650. The highest BCUT2D eigenvalue weighted by Gasteiger charge is 2.28. The molecule has 1 N–H and O–H groups in total. The Labute approximate surface area is 102 Å². The summed E-state index contributed by atoms with van der Waals surface area (Å²) >= 11 is 0. The number of rotatable bonds is 4. The van der Waals surface area contributed by atoms with Gasteiger partial charge in [0.15, 0.2) is 0 Å². The molecule has 0 saturated carbocycles. The Balaban J connectivity index is 1.84. The lowest BCUT2D eigenvalue weighted by atomic mass is 10.1. The van der Waals surface area contributed by atoms with E-state index in [1.165, 1.54) is 0 Å². The van der Waals surface area contributed by atoms with Crippen molar-refractivity contribution in [2.45, 2.75) is 19.4 Å². The molecule has 0 aromatic carbocycles. The molecule has 2 rings (SSSR count). The van der Waals surface area contributed by atoms with E-state index in [-0.39, 0.29) is 12.0 Å². The molecule has 0 aromatic heterocycles. The summed E-state index contributed by atoms with van der Waals surface area (Å²) in [5, 5.41) is 3.19. The number of hydrogen-bond acceptors (Lipinski definition) is 4. The van der Waals surface area contributed by atoms with Crippen molar-refractivity contribution in [3.8, 4) is 0 Å². The molecule has 0 aromatic rings. The van der Waals surface area contributed by atoms with Crippen LogP contribution in [0.5, 0.6) is 0 Å². The van der Waals surface area contributed by atoms with Crippen molar-refractivity contribution in [2.24, 2.45) is 5.92 Å². The second-order valence-corrected chi connectivity index (χ2v) is 4.67. The molecule has 2 aliphatic heterocycles. The highest BCUT2D eigenvalue weighted by Crippen LogP contribution is 2.15. The van der Waals surface area contributed by atoms with Crippen molar-refractivity contribution in [3.05, 3.63) is 0 Å². The Kier molecular flexibility index (Phi) is 4.76. The molecule has 2 fully saturated rings. The number of nitrogens with one attached hydrogen (secondary N) is 1. The van der Waals surface area contributed by atoms with Gasteiger partial charge in [-0.2, -0.15) is 0 Å². The van der Waals surface area contributed by atoms with Crippen LogP contribution in [0.3, 0.4) is 0 Å². The van der Waals surface area contributed by atoms with E-state index < -0.39 is 0 Å². The molecule has 5 nitrogen and oxygen atoms in total. The maximum Gasteiger partial charge on any atom is 0.253 e. The molecule has 0 radical (unpaired) electrons. The summed E-state index contributed by atoms with van der Waals surface area (Å²) in [5.74, 6) is 0.613. The largest absolute Gasteiger partial charge is 0.381 e. The van der Waals surface area contributed by atoms with E-state index in [2.05, 4.69) is 5.32 Å². The van der Waals surface area contributed by atoms with Crippen LogP contribution >= 0.6 is 0 Å². The zero-order valence-electron chi connectivity index (χ0n) is 10.5. The lowest BCUT2D eigenvalue weighted by Gasteiger charge is -2.30. The average Bonchev–Trinajstić information content (AvgIpc) is 2.89. The fourth-order valence-corrected chi connectivity index (χ4v) is 2.34. The minimum absolute atomic E-state index is 0.117. The number of carbonyl (C=O) groups is 1. The third-order valence-corrected chi connectivity index (χ3v) is 3.40. The molecule has 17 heavy (non-hydrogen) atoms. The van der Waals surface area contributed by atoms with Crippen LogP contribution in [0.2, 0.25) is 0 Å². The SMILES string of the molecule is CCN(CC1CCOC1)C(=O)C1CNCCO1. The lowest BCUT2D eigenvalue weighted by Crippen LogP contribution is -2.50. The third kappa shape index (κ3) is 3.40. The van der Waals surface area contributed by atoms with Crippen molar-refractivity contribution >= 4 is 5.91 Å². The molecule has 1 amide bonds. The van der Waals surface area contributed by atoms with Gasteiger partial charge in [0.05, 0.1) is 13.2 Å². The molecule has 2 heterocycles. The topological polar surface area (TPSA) is 50.8 Å². The van der Waals surface area contributed by atoms with Crippen molar-refractivity contribution in [3.63, 3.8) is 0 Å². The monoisotopic (exact) mass is 242 g/mol. The first-order valence-electron chi connectivity index (χ1n) is 6.50. The minimum Gasteiger partial charge on any atom is -0.381 e. The molecule has 5 heteroatoms. The Morgan fingerprint density at radius 2 is 2.35 bits per heavy atom. The van der Waals surface area contributed by atoms with Crippen LogP contribution < -0.4 is 5.32 Å². The molecule has 2 saturated heterocycles. The summed E-state index contributed by atoms with van der Waals surface area (Å²) in [7, 11) is 0. The zero-order chi connectivity index (χ0) is 12.1. The first-order chi connectivity index (χ1) is 8.31. The Morgan fingerprint density at radius 3 is 2.94 bits per heavy atom. The molecule has 0 aliphatic carbocycles. The Bertz CT molecular complexity index is 248. The van der Waals surface area contributed by atoms with Gasteiger partial charge in [0.2, 0.25) is 0 Å². The van der Waals surface area contributed by atoms with Gasteiger partial charge in [-0.3, -0.25) is 4.79 Å². The van der Waals surface area contributed by atoms with Crippen molar-refractivity contribution in [1.29, 1.82) is 0 Å². The second-order valence-electron chi connectivity index (χ2n) is 4.67. The van der Waals surface area contributed by atoms with E-state index in [0.29, 0.717) is 19.1 Å². The van der Waals surface area contributed by atoms with E-state index in [9.17, 15) is 4.79 Å². The number of morpholine rings is 1. The number of amides is 1. The van der Waals surface area contributed by atoms with Crippen molar-refractivity contribution in [2.75, 3.05) is 46.0 Å². The number of nitrogens with zero attached hydrogens (tertiary/aromatic N) is 1. The van der Waals surface area contributed by atoms with Crippen LogP contribution in [0, 0.1) is 5.92 Å². The van der Waals surface area contributed by atoms with Crippen LogP contribution in [-0.2, 0) is 14.3 Å². The standard InChI is InChI=1S/C12H22N2O3/c1-2-14(8-10-3-5-16-9-10)12(15)11-7-13-4-6-17-11/h10-11,13H,2-9H2,1H3. The van der Waals surface area contributed by atoms with Gasteiger partial charge < -0.3 is 19.7 Å². The van der Waals surface area contributed by atoms with Gasteiger partial charge in [0.25, 0.3) is 5.91 Å². The molecular weight excluding hydrogens is 220 g/mol. The maximum absolute atomic E-state index is 12.2. The summed E-state index contributed by atoms with van der Waals surface area (Å²) in [6.45, 7) is 7.28. The van der Waals surface area contributed by atoms with E-state index in [4.69, 9.17) is 9.47 Å². The summed E-state index contributed by atoms with van der Waals surface area (Å²) in [4.78, 5) is 14.1. The van der Waals surface area contributed by atoms with Gasteiger partial charge in [-0.15, -0.1) is 0 Å². The molecule has 2 atom stereocenters. The Morgan fingerprint density at radius 1 is 1.47 bits per heavy atom. The summed E-state index contributed by atoms with van der Waals surface area (Å²) in [5.41, 5.74) is 0. The van der Waals surface area contributed by atoms with Gasteiger partial charge in [-0.1, -0.05) is 0 Å². The zero-order valence-corrected chi connectivity index (χ0v) is 10.5. The van der Waals surface area contributed by atoms with Crippen LogP contribution in [0.25, 0.3) is 0 Å². The fraction of sp³-hybridized carbons (Fsp3) is 0.917. The summed E-state index contributed by atoms with van der Waals surface area (Å²) < 4.78 is 10.8. The predicted octanol–water partition coefficient (Wildman–Crippen LogP) is -0.140. The van der Waals surface area contributed by atoms with Gasteiger partial charge >= 0.3 is 0 Å². The maximum atomic E-state index is 12.2. The third-order valence-electron chi connectivity index (χ3n) is 3.40. The highest BCUT2D eigenvalue weighted by atomic mass is 16.5. The first kappa shape index (κ1) is 12.8. The number of ether oxygens (including phenoxy) is 2. The number of carbonyl (C=O) groups excluding carboxylic acids is 1. The predicted molar refractivity (Wildman–Crippen MR) is 63.8 cm³/mol. The van der Waals surface area contributed by atoms with Crippen molar-refractivity contribution < 1.29 is 14.3 Å². The minimum atomic E-state index is -0.300. The average molecular weight is 242 g/mol. The van der Waals surface area contributed by atoms with Crippen LogP contribution in [-0.4, -0.2) is 62.9 Å². The van der Waals surface area contributed by atoms with Crippen LogP contribution in [0.1, 0.15) is 13.3 Å². The normalized spacial score (nSPS) is 29.2. The first-order valence-corrected chi connectivity index (χ1v) is 6.50. The lowest BCUT2D eigenvalue weighted by molar-refractivity contribution is -0.145. The van der Waals surface area contributed by atoms with Crippen molar-refractivity contribution in [1.82, 2.24) is 10.2 Å². The van der Waals surface area contributed by atoms with E-state index in [0.717, 1.165) is 39.3 Å². The van der Waals surface area contributed by atoms with E-state index >= 15 is 0 Å². The van der Waals surface area contributed by atoms with Gasteiger partial charge in [-0.05, 0) is 13.3 Å². The number of hydrogen-bond donors (Lipinski definition) is 1. The van der Waals surface area contributed by atoms with Gasteiger partial charge in [0, 0.05) is 38.7 Å². The summed E-state index contributed by atoms with van der Waals surface area (Å²) in [6.07, 6.45) is 0.763. The van der Waals surface area contributed by atoms with Crippen LogP contribution in [0.4, 0.5) is 0 Å². The quantitative estimate of drug-likeness (QED) is 0.745. The molecule has 0 spiro atoms. The smallest absolute Gasteiger partial charge is 0.253 e. The van der Waals surface area contributed by atoms with Gasteiger partial charge in [-0.25, -0.2) is 0 Å². The van der Waals surface area contributed by atoms with E-state index in [1.54, 1.807) is 0 Å². The molecule has 2 aliphatic rings. The molecule has 98 valence electrons. The number of likely N-dealkylation sites (N-methyl/N-ethyl adjacent to an activating group) is 1. The molecular formula is C12H22N2O3. The fourth-order valence-electron chi connectivity index (χ4n) is 2.34. The molecule has 0 bridgehead atoms. The summed E-state index contributed by atoms with van der Waals surface area (Å²) in [6, 6.07) is 0. The molecule has 2 unspecified atom stereocenters. The van der Waals surface area contributed by atoms with Gasteiger partial charge in [0.1, 0.15) is 6.10 Å². The highest BCUT2D eigenvalue weighted by molar-refractivity contribution is 5.81. The van der Waals surface area contributed by atoms with Crippen LogP contribution in [0.15, 0.2) is 0 Å².